The Morgan fingerprint density at radius 3 is 2.29 bits per heavy atom. The molecule has 5 heteroatoms. The molecule has 1 aromatic rings. The van der Waals surface area contributed by atoms with E-state index in [1.165, 1.54) is 6.07 Å². The van der Waals surface area contributed by atoms with E-state index in [4.69, 9.17) is 4.74 Å². The quantitative estimate of drug-likeness (QED) is 0.898. The largest absolute Gasteiger partial charge is 0.416 e. The fourth-order valence-corrected chi connectivity index (χ4v) is 3.46. The molecule has 1 N–H and O–H groups in total. The first-order valence-corrected chi connectivity index (χ1v) is 7.24. The number of alkyl halides is 3. The van der Waals surface area contributed by atoms with Crippen LogP contribution in [-0.4, -0.2) is 19.8 Å². The van der Waals surface area contributed by atoms with E-state index in [2.05, 4.69) is 5.32 Å². The average molecular weight is 301 g/mol. The van der Waals surface area contributed by atoms with E-state index < -0.39 is 11.7 Å². The van der Waals surface area contributed by atoms with Crippen LogP contribution in [0.4, 0.5) is 13.2 Å². The zero-order valence-corrected chi connectivity index (χ0v) is 12.7. The van der Waals surface area contributed by atoms with Crippen LogP contribution in [0.1, 0.15) is 48.4 Å². The molecule has 118 valence electrons. The molecule has 1 aliphatic rings. The Kier molecular flexibility index (Phi) is 4.63. The predicted octanol–water partition coefficient (Wildman–Crippen LogP) is 4.23. The van der Waals surface area contributed by atoms with Gasteiger partial charge in [-0.05, 0) is 50.1 Å². The molecule has 1 saturated carbocycles. The lowest BCUT2D eigenvalue weighted by Gasteiger charge is -2.37. The number of halogens is 3. The Bertz CT molecular complexity index is 493. The summed E-state index contributed by atoms with van der Waals surface area (Å²) < 4.78 is 44.1. The molecule has 0 amide bonds. The Morgan fingerprint density at radius 1 is 1.24 bits per heavy atom. The van der Waals surface area contributed by atoms with Crippen LogP contribution < -0.4 is 5.32 Å². The van der Waals surface area contributed by atoms with Gasteiger partial charge in [0.15, 0.2) is 0 Å². The number of aryl methyl sites for hydroxylation is 1. The van der Waals surface area contributed by atoms with E-state index in [1.54, 1.807) is 20.1 Å². The molecule has 1 fully saturated rings. The van der Waals surface area contributed by atoms with Crippen molar-refractivity contribution >= 4 is 0 Å². The van der Waals surface area contributed by atoms with E-state index in [0.717, 1.165) is 37.3 Å². The molecule has 21 heavy (non-hydrogen) atoms. The predicted molar refractivity (Wildman–Crippen MR) is 76.2 cm³/mol. The summed E-state index contributed by atoms with van der Waals surface area (Å²) in [7, 11) is 3.52. The smallest absolute Gasteiger partial charge is 0.376 e. The molecule has 1 aliphatic carbocycles. The number of likely N-dealkylation sites (N-methyl/N-ethyl adjacent to an activating group) is 1. The van der Waals surface area contributed by atoms with Crippen molar-refractivity contribution in [1.29, 1.82) is 0 Å². The van der Waals surface area contributed by atoms with Gasteiger partial charge in [-0.3, -0.25) is 0 Å². The van der Waals surface area contributed by atoms with Gasteiger partial charge in [0, 0.05) is 7.11 Å². The van der Waals surface area contributed by atoms with E-state index >= 15 is 0 Å². The van der Waals surface area contributed by atoms with Gasteiger partial charge in [-0.1, -0.05) is 18.9 Å². The van der Waals surface area contributed by atoms with Crippen molar-refractivity contribution in [2.75, 3.05) is 14.2 Å². The van der Waals surface area contributed by atoms with Gasteiger partial charge in [-0.2, -0.15) is 13.2 Å². The van der Waals surface area contributed by atoms with Crippen LogP contribution in [0.25, 0.3) is 0 Å². The fraction of sp³-hybridized carbons (Fsp3) is 0.625. The molecule has 2 rings (SSSR count). The number of hydrogen-bond donors (Lipinski definition) is 1. The highest BCUT2D eigenvalue weighted by atomic mass is 19.4. The van der Waals surface area contributed by atoms with Crippen molar-refractivity contribution < 1.29 is 17.9 Å². The lowest BCUT2D eigenvalue weighted by Crippen LogP contribution is -2.42. The number of ether oxygens (including phenoxy) is 1. The second kappa shape index (κ2) is 5.97. The van der Waals surface area contributed by atoms with Crippen LogP contribution >= 0.6 is 0 Å². The number of benzene rings is 1. The zero-order valence-electron chi connectivity index (χ0n) is 12.7. The van der Waals surface area contributed by atoms with Crippen molar-refractivity contribution in [3.05, 3.63) is 34.9 Å². The van der Waals surface area contributed by atoms with Gasteiger partial charge in [0.05, 0.1) is 17.2 Å². The summed E-state index contributed by atoms with van der Waals surface area (Å²) in [4.78, 5) is 0. The average Bonchev–Trinajstić information content (AvgIpc) is 2.90. The highest BCUT2D eigenvalue weighted by Crippen LogP contribution is 2.43. The maximum atomic E-state index is 12.8. The molecular formula is C16H22F3NO. The van der Waals surface area contributed by atoms with Gasteiger partial charge in [0.2, 0.25) is 0 Å². The monoisotopic (exact) mass is 301 g/mol. The van der Waals surface area contributed by atoms with Crippen LogP contribution in [0.5, 0.6) is 0 Å². The van der Waals surface area contributed by atoms with Gasteiger partial charge in [-0.25, -0.2) is 0 Å². The molecule has 0 saturated heterocycles. The van der Waals surface area contributed by atoms with Crippen molar-refractivity contribution in [1.82, 2.24) is 5.32 Å². The van der Waals surface area contributed by atoms with Crippen LogP contribution in [-0.2, 0) is 10.9 Å². The van der Waals surface area contributed by atoms with Crippen LogP contribution in [0.3, 0.4) is 0 Å². The summed E-state index contributed by atoms with van der Waals surface area (Å²) in [5, 5.41) is 3.24. The molecule has 0 bridgehead atoms. The molecular weight excluding hydrogens is 279 g/mol. The molecule has 1 atom stereocenters. The van der Waals surface area contributed by atoms with E-state index in [9.17, 15) is 13.2 Å². The summed E-state index contributed by atoms with van der Waals surface area (Å²) in [5.74, 6) is 0. The lowest BCUT2D eigenvalue weighted by molar-refractivity contribution is -0.137. The molecule has 0 aromatic heterocycles. The van der Waals surface area contributed by atoms with Gasteiger partial charge in [0.25, 0.3) is 0 Å². The van der Waals surface area contributed by atoms with Gasteiger partial charge in [0.1, 0.15) is 0 Å². The van der Waals surface area contributed by atoms with Gasteiger partial charge >= 0.3 is 6.18 Å². The Hall–Kier alpha value is -1.07. The third kappa shape index (κ3) is 3.09. The van der Waals surface area contributed by atoms with Crippen molar-refractivity contribution in [2.45, 2.75) is 50.4 Å². The maximum Gasteiger partial charge on any atom is 0.416 e. The Labute approximate surface area is 123 Å². The Morgan fingerprint density at radius 2 is 1.86 bits per heavy atom. The molecule has 2 nitrogen and oxygen atoms in total. The minimum absolute atomic E-state index is 0.0905. The van der Waals surface area contributed by atoms with Gasteiger partial charge in [-0.15, -0.1) is 0 Å². The first-order valence-electron chi connectivity index (χ1n) is 7.24. The number of hydrogen-bond acceptors (Lipinski definition) is 2. The molecule has 0 aliphatic heterocycles. The molecule has 0 radical (unpaired) electrons. The first-order chi connectivity index (χ1) is 9.84. The zero-order chi connectivity index (χ0) is 15.7. The second-order valence-corrected chi connectivity index (χ2v) is 5.77. The summed E-state index contributed by atoms with van der Waals surface area (Å²) in [6, 6.07) is 3.87. The van der Waals surface area contributed by atoms with Crippen LogP contribution in [0.2, 0.25) is 0 Å². The third-order valence-corrected chi connectivity index (χ3v) is 4.58. The summed E-state index contributed by atoms with van der Waals surface area (Å²) in [6.45, 7) is 1.73. The number of nitrogens with one attached hydrogen (secondary N) is 1. The number of rotatable bonds is 4. The lowest BCUT2D eigenvalue weighted by atomic mass is 9.84. The third-order valence-electron chi connectivity index (χ3n) is 4.58. The maximum absolute atomic E-state index is 12.8. The van der Waals surface area contributed by atoms with E-state index in [0.29, 0.717) is 5.56 Å². The molecule has 1 aromatic carbocycles. The Balaban J connectivity index is 2.39. The van der Waals surface area contributed by atoms with E-state index in [-0.39, 0.29) is 11.6 Å². The standard InChI is InChI=1S/C16H22F3NO/c1-11-10-12(16(17,18)19)6-7-13(11)14(20-2)15(21-3)8-4-5-9-15/h6-7,10,14,20H,4-5,8-9H2,1-3H3. The molecule has 0 heterocycles. The minimum atomic E-state index is -4.30. The second-order valence-electron chi connectivity index (χ2n) is 5.77. The van der Waals surface area contributed by atoms with Crippen molar-refractivity contribution in [2.24, 2.45) is 0 Å². The normalized spacial score (nSPS) is 19.7. The highest BCUT2D eigenvalue weighted by molar-refractivity contribution is 5.36. The van der Waals surface area contributed by atoms with Crippen LogP contribution in [0.15, 0.2) is 18.2 Å². The SMILES string of the molecule is CNC(c1ccc(C(F)(F)F)cc1C)C1(OC)CCCC1. The molecule has 1 unspecified atom stereocenters. The van der Waals surface area contributed by atoms with Crippen molar-refractivity contribution in [3.63, 3.8) is 0 Å². The van der Waals surface area contributed by atoms with E-state index in [1.807, 2.05) is 7.05 Å². The summed E-state index contributed by atoms with van der Waals surface area (Å²) in [6.07, 6.45) is -0.271. The van der Waals surface area contributed by atoms with Crippen molar-refractivity contribution in [3.8, 4) is 0 Å². The van der Waals surface area contributed by atoms with Gasteiger partial charge < -0.3 is 10.1 Å². The number of methoxy groups -OCH3 is 1. The fourth-order valence-electron chi connectivity index (χ4n) is 3.46. The summed E-state index contributed by atoms with van der Waals surface area (Å²) in [5.41, 5.74) is 0.609. The van der Waals surface area contributed by atoms with Crippen LogP contribution in [0, 0.1) is 6.92 Å². The summed E-state index contributed by atoms with van der Waals surface area (Å²) >= 11 is 0. The highest BCUT2D eigenvalue weighted by Gasteiger charge is 2.42. The minimum Gasteiger partial charge on any atom is -0.376 e. The topological polar surface area (TPSA) is 21.3 Å². The first kappa shape index (κ1) is 16.3. The molecule has 0 spiro atoms.